The first-order chi connectivity index (χ1) is 10.2. The Balaban J connectivity index is 1.59. The Hall–Kier alpha value is -1.39. The van der Waals surface area contributed by atoms with E-state index in [2.05, 4.69) is 63.1 Å². The van der Waals surface area contributed by atoms with Crippen LogP contribution in [-0.4, -0.2) is 29.1 Å². The number of aryl methyl sites for hydroxylation is 1. The highest BCUT2D eigenvalue weighted by atomic mass is 79.9. The third-order valence-electron chi connectivity index (χ3n) is 3.81. The average molecular weight is 347 g/mol. The fourth-order valence-corrected chi connectivity index (χ4v) is 2.96. The Morgan fingerprint density at radius 2 is 2.10 bits per heavy atom. The summed E-state index contributed by atoms with van der Waals surface area (Å²) in [5.74, 6) is 0.710. The molecule has 0 saturated carbocycles. The molecule has 0 amide bonds. The highest BCUT2D eigenvalue weighted by molar-refractivity contribution is 9.10. The lowest BCUT2D eigenvalue weighted by Gasteiger charge is -2.17. The van der Waals surface area contributed by atoms with Gasteiger partial charge in [0.1, 0.15) is 6.10 Å². The van der Waals surface area contributed by atoms with Gasteiger partial charge < -0.3 is 4.74 Å². The molecule has 1 aromatic heterocycles. The van der Waals surface area contributed by atoms with Crippen LogP contribution in [0.5, 0.6) is 5.88 Å². The molecule has 2 heterocycles. The number of halogens is 1. The van der Waals surface area contributed by atoms with Gasteiger partial charge in [0.15, 0.2) is 0 Å². The van der Waals surface area contributed by atoms with Crippen molar-refractivity contribution < 1.29 is 4.74 Å². The van der Waals surface area contributed by atoms with Crippen LogP contribution < -0.4 is 4.74 Å². The molecule has 2 aromatic rings. The van der Waals surface area contributed by atoms with Crippen molar-refractivity contribution in [2.75, 3.05) is 13.1 Å². The molecule has 1 unspecified atom stereocenters. The normalized spacial score (nSPS) is 18.9. The van der Waals surface area contributed by atoms with Gasteiger partial charge in [-0.05, 0) is 46.5 Å². The molecule has 1 fully saturated rings. The minimum atomic E-state index is 0.222. The number of hydrogen-bond acceptors (Lipinski definition) is 3. The lowest BCUT2D eigenvalue weighted by Crippen LogP contribution is -2.24. The van der Waals surface area contributed by atoms with Gasteiger partial charge in [0.05, 0.1) is 4.47 Å². The molecule has 21 heavy (non-hydrogen) atoms. The van der Waals surface area contributed by atoms with Crippen LogP contribution in [0.2, 0.25) is 0 Å². The van der Waals surface area contributed by atoms with Gasteiger partial charge in [0.2, 0.25) is 5.88 Å². The number of likely N-dealkylation sites (tertiary alicyclic amines) is 1. The molecule has 0 bridgehead atoms. The first-order valence-electron chi connectivity index (χ1n) is 7.26. The maximum atomic E-state index is 6.06. The van der Waals surface area contributed by atoms with Gasteiger partial charge in [-0.2, -0.15) is 0 Å². The van der Waals surface area contributed by atoms with E-state index in [0.29, 0.717) is 5.88 Å². The molecule has 1 saturated heterocycles. The number of hydrogen-bond donors (Lipinski definition) is 0. The summed E-state index contributed by atoms with van der Waals surface area (Å²) in [6.45, 7) is 5.07. The summed E-state index contributed by atoms with van der Waals surface area (Å²) < 4.78 is 7.02. The van der Waals surface area contributed by atoms with E-state index in [4.69, 9.17) is 4.74 Å². The zero-order chi connectivity index (χ0) is 14.7. The Morgan fingerprint density at radius 1 is 1.29 bits per heavy atom. The third-order valence-corrected chi connectivity index (χ3v) is 4.77. The molecule has 3 nitrogen and oxygen atoms in total. The predicted molar refractivity (Wildman–Crippen MR) is 87.4 cm³/mol. The Kier molecular flexibility index (Phi) is 4.56. The lowest BCUT2D eigenvalue weighted by atomic mass is 10.2. The molecule has 0 N–H and O–H groups in total. The Morgan fingerprint density at radius 3 is 2.90 bits per heavy atom. The first-order valence-corrected chi connectivity index (χ1v) is 8.06. The maximum absolute atomic E-state index is 6.06. The summed E-state index contributed by atoms with van der Waals surface area (Å²) in [6, 6.07) is 12.6. The number of benzene rings is 1. The van der Waals surface area contributed by atoms with Crippen LogP contribution in [0, 0.1) is 6.92 Å². The van der Waals surface area contributed by atoms with Crippen molar-refractivity contribution in [3.05, 3.63) is 58.2 Å². The summed E-state index contributed by atoms with van der Waals surface area (Å²) in [4.78, 5) is 6.76. The summed E-state index contributed by atoms with van der Waals surface area (Å²) >= 11 is 3.56. The number of ether oxygens (including phenoxy) is 1. The second-order valence-electron chi connectivity index (χ2n) is 5.50. The largest absolute Gasteiger partial charge is 0.472 e. The first kappa shape index (κ1) is 14.5. The molecule has 0 aliphatic carbocycles. The Bertz CT molecular complexity index is 603. The minimum Gasteiger partial charge on any atom is -0.472 e. The fourth-order valence-electron chi connectivity index (χ4n) is 2.63. The monoisotopic (exact) mass is 346 g/mol. The SMILES string of the molecule is Cc1ccnc(OC2CCN(Cc3ccccc3)C2)c1Br. The molecule has 1 aromatic carbocycles. The van der Waals surface area contributed by atoms with Crippen molar-refractivity contribution in [3.8, 4) is 5.88 Å². The zero-order valence-corrected chi connectivity index (χ0v) is 13.7. The van der Waals surface area contributed by atoms with Crippen LogP contribution in [-0.2, 0) is 6.54 Å². The standard InChI is InChI=1S/C17H19BrN2O/c1-13-7-9-19-17(16(13)18)21-15-8-10-20(12-15)11-14-5-3-2-4-6-14/h2-7,9,15H,8,10-12H2,1H3. The zero-order valence-electron chi connectivity index (χ0n) is 12.1. The molecular formula is C17H19BrN2O. The van der Waals surface area contributed by atoms with Gasteiger partial charge in [-0.1, -0.05) is 30.3 Å². The topological polar surface area (TPSA) is 25.4 Å². The minimum absolute atomic E-state index is 0.222. The van der Waals surface area contributed by atoms with Crippen LogP contribution in [0.1, 0.15) is 17.5 Å². The van der Waals surface area contributed by atoms with Gasteiger partial charge in [-0.15, -0.1) is 0 Å². The second kappa shape index (κ2) is 6.58. The number of rotatable bonds is 4. The predicted octanol–water partition coefficient (Wildman–Crippen LogP) is 3.81. The Labute approximate surface area is 134 Å². The number of aromatic nitrogens is 1. The maximum Gasteiger partial charge on any atom is 0.228 e. The van der Waals surface area contributed by atoms with Crippen molar-refractivity contribution >= 4 is 15.9 Å². The van der Waals surface area contributed by atoms with Crippen LogP contribution in [0.4, 0.5) is 0 Å². The molecule has 0 radical (unpaired) electrons. The molecular weight excluding hydrogens is 328 g/mol. The summed E-state index contributed by atoms with van der Waals surface area (Å²) in [5, 5.41) is 0. The van der Waals surface area contributed by atoms with Crippen molar-refractivity contribution in [1.29, 1.82) is 0 Å². The number of nitrogens with zero attached hydrogens (tertiary/aromatic N) is 2. The molecule has 1 aliphatic rings. The molecule has 110 valence electrons. The third kappa shape index (κ3) is 3.63. The van der Waals surface area contributed by atoms with Gasteiger partial charge in [0, 0.05) is 25.8 Å². The van der Waals surface area contributed by atoms with Crippen molar-refractivity contribution in [1.82, 2.24) is 9.88 Å². The van der Waals surface area contributed by atoms with E-state index in [-0.39, 0.29) is 6.10 Å². The molecule has 3 rings (SSSR count). The second-order valence-corrected chi connectivity index (χ2v) is 6.29. The average Bonchev–Trinajstić information content (AvgIpc) is 2.92. The molecule has 1 aliphatic heterocycles. The van der Waals surface area contributed by atoms with E-state index in [1.54, 1.807) is 6.20 Å². The van der Waals surface area contributed by atoms with Crippen molar-refractivity contribution in [2.45, 2.75) is 26.0 Å². The van der Waals surface area contributed by atoms with E-state index < -0.39 is 0 Å². The summed E-state index contributed by atoms with van der Waals surface area (Å²) in [6.07, 6.45) is 3.07. The van der Waals surface area contributed by atoms with E-state index in [1.165, 1.54) is 5.56 Å². The van der Waals surface area contributed by atoms with Crippen LogP contribution in [0.15, 0.2) is 47.1 Å². The smallest absolute Gasteiger partial charge is 0.228 e. The summed E-state index contributed by atoms with van der Waals surface area (Å²) in [5.41, 5.74) is 2.51. The van der Waals surface area contributed by atoms with Gasteiger partial charge in [-0.3, -0.25) is 4.90 Å². The van der Waals surface area contributed by atoms with Crippen LogP contribution >= 0.6 is 15.9 Å². The van der Waals surface area contributed by atoms with E-state index in [9.17, 15) is 0 Å². The number of pyridine rings is 1. The highest BCUT2D eigenvalue weighted by Crippen LogP contribution is 2.28. The summed E-state index contributed by atoms with van der Waals surface area (Å²) in [7, 11) is 0. The quantitative estimate of drug-likeness (QED) is 0.841. The van der Waals surface area contributed by atoms with Crippen molar-refractivity contribution in [2.24, 2.45) is 0 Å². The van der Waals surface area contributed by atoms with Crippen LogP contribution in [0.3, 0.4) is 0 Å². The molecule has 4 heteroatoms. The van der Waals surface area contributed by atoms with Gasteiger partial charge in [-0.25, -0.2) is 4.98 Å². The van der Waals surface area contributed by atoms with Gasteiger partial charge >= 0.3 is 0 Å². The van der Waals surface area contributed by atoms with Crippen molar-refractivity contribution in [3.63, 3.8) is 0 Å². The highest BCUT2D eigenvalue weighted by Gasteiger charge is 2.25. The van der Waals surface area contributed by atoms with Gasteiger partial charge in [0.25, 0.3) is 0 Å². The van der Waals surface area contributed by atoms with Crippen LogP contribution in [0.25, 0.3) is 0 Å². The van der Waals surface area contributed by atoms with E-state index >= 15 is 0 Å². The lowest BCUT2D eigenvalue weighted by molar-refractivity contribution is 0.190. The van der Waals surface area contributed by atoms with E-state index in [0.717, 1.165) is 36.1 Å². The molecule has 1 atom stereocenters. The fraction of sp³-hybridized carbons (Fsp3) is 0.353. The van der Waals surface area contributed by atoms with E-state index in [1.807, 2.05) is 6.07 Å². The molecule has 0 spiro atoms.